The average molecular weight is 640 g/mol. The van der Waals surface area contributed by atoms with Crippen molar-refractivity contribution in [2.45, 2.75) is 0 Å². The molecule has 9 rings (SSSR count). The zero-order chi connectivity index (χ0) is 29.0. The van der Waals surface area contributed by atoms with E-state index in [1.54, 1.807) is 25.1 Å². The topological polar surface area (TPSA) is 110 Å². The molecule has 2 aliphatic heterocycles. The molecule has 8 nitrogen and oxygen atoms in total. The molecule has 0 radical (unpaired) electrons. The monoisotopic (exact) mass is 638 g/mol. The van der Waals surface area contributed by atoms with Crippen molar-refractivity contribution in [3.63, 3.8) is 0 Å². The number of furan rings is 4. The summed E-state index contributed by atoms with van der Waals surface area (Å²) in [7, 11) is 0. The van der Waals surface area contributed by atoms with Crippen LogP contribution < -0.4 is 0 Å². The Morgan fingerprint density at radius 2 is 0.644 bits per heavy atom. The van der Waals surface area contributed by atoms with E-state index < -0.39 is 0 Å². The van der Waals surface area contributed by atoms with Crippen LogP contribution in [0.25, 0.3) is 91.7 Å². The molecule has 212 valence electrons. The maximum atomic E-state index is 5.93. The van der Waals surface area contributed by atoms with Gasteiger partial charge in [-0.3, -0.25) is 0 Å². The number of rotatable bonds is 4. The quantitative estimate of drug-likeness (QED) is 0.186. The van der Waals surface area contributed by atoms with Crippen molar-refractivity contribution >= 4 is 46.4 Å². The summed E-state index contributed by atoms with van der Waals surface area (Å²) in [6, 6.07) is 23.4. The molecule has 45 heavy (non-hydrogen) atoms. The third kappa shape index (κ3) is 4.48. The molecule has 2 N–H and O–H groups in total. The van der Waals surface area contributed by atoms with Crippen LogP contribution in [0.15, 0.2) is 116 Å². The van der Waals surface area contributed by atoms with Gasteiger partial charge in [-0.2, -0.15) is 0 Å². The molecule has 7 aromatic heterocycles. The molecule has 7 aromatic rings. The van der Waals surface area contributed by atoms with Crippen LogP contribution >= 0.6 is 0 Å². The van der Waals surface area contributed by atoms with Gasteiger partial charge in [0.15, 0.2) is 0 Å². The standard InChI is InChI=1S/C36H22N4O4.Zn/c1-5-29(41-17-1)33-21-9-11-23(37-21)34(30-6-2-18-42-30)25-13-15-27(39-25)36(32-8-4-20-44-32)28-16-14-26(40-28)35(31-7-3-19-43-31)24-12-10-22(33)38-24;/h1-20,37,40H;. The summed E-state index contributed by atoms with van der Waals surface area (Å²) >= 11 is 0. The van der Waals surface area contributed by atoms with Gasteiger partial charge in [-0.1, -0.05) is 0 Å². The van der Waals surface area contributed by atoms with Gasteiger partial charge >= 0.3 is 0 Å². The first-order chi connectivity index (χ1) is 21.8. The molecule has 0 saturated heterocycles. The Morgan fingerprint density at radius 1 is 0.378 bits per heavy atom. The van der Waals surface area contributed by atoms with Crippen LogP contribution in [0, 0.1) is 0 Å². The number of aromatic nitrogens is 4. The number of nitrogens with one attached hydrogen (secondary N) is 2. The van der Waals surface area contributed by atoms with Crippen molar-refractivity contribution in [1.82, 2.24) is 19.9 Å². The largest absolute Gasteiger partial charge is 0.464 e. The molecule has 0 amide bonds. The van der Waals surface area contributed by atoms with Gasteiger partial charge in [0.25, 0.3) is 0 Å². The second kappa shape index (κ2) is 10.8. The molecule has 9 heteroatoms. The Kier molecular flexibility index (Phi) is 6.47. The third-order valence-electron chi connectivity index (χ3n) is 7.82. The molecule has 8 bridgehead atoms. The van der Waals surface area contributed by atoms with Gasteiger partial charge in [0, 0.05) is 19.5 Å². The minimum atomic E-state index is 0. The number of hydrogen-bond acceptors (Lipinski definition) is 6. The van der Waals surface area contributed by atoms with E-state index >= 15 is 0 Å². The first-order valence-electron chi connectivity index (χ1n) is 14.1. The fourth-order valence-corrected chi connectivity index (χ4v) is 5.93. The van der Waals surface area contributed by atoms with Gasteiger partial charge in [0.2, 0.25) is 0 Å². The molecule has 0 atom stereocenters. The molecule has 9 heterocycles. The number of hydrogen-bond donors (Lipinski definition) is 2. The van der Waals surface area contributed by atoms with Crippen molar-refractivity contribution in [3.05, 3.63) is 121 Å². The van der Waals surface area contributed by atoms with Gasteiger partial charge in [-0.05, 0) is 97.1 Å². The number of fused-ring (bicyclic) bond motifs is 8. The van der Waals surface area contributed by atoms with Crippen LogP contribution in [-0.4, -0.2) is 19.9 Å². The molecule has 0 fully saturated rings. The van der Waals surface area contributed by atoms with Gasteiger partial charge in [-0.15, -0.1) is 0 Å². The first kappa shape index (κ1) is 26.9. The summed E-state index contributed by atoms with van der Waals surface area (Å²) in [5.41, 5.74) is 9.68. The van der Waals surface area contributed by atoms with E-state index in [9.17, 15) is 0 Å². The summed E-state index contributed by atoms with van der Waals surface area (Å²) in [6.45, 7) is 0. The van der Waals surface area contributed by atoms with Crippen molar-refractivity contribution in [2.24, 2.45) is 0 Å². The molecular weight excluding hydrogens is 618 g/mol. The SMILES string of the molecule is C1=Cc2nc1c(-c1ccco1)c1ccc([nH]1)c(-c1ccco1)c1nc(c(-c3ccco3)c3ccc([nH]3)c2-c2ccco2)C=C1.[Zn]. The Bertz CT molecular complexity index is 2040. The molecule has 0 unspecified atom stereocenters. The Balaban J connectivity index is 0.00000300. The Morgan fingerprint density at radius 3 is 0.867 bits per heavy atom. The molecule has 2 aliphatic rings. The van der Waals surface area contributed by atoms with Crippen molar-refractivity contribution in [1.29, 1.82) is 0 Å². The second-order valence-electron chi connectivity index (χ2n) is 10.4. The Labute approximate surface area is 268 Å². The Hall–Kier alpha value is -5.66. The third-order valence-corrected chi connectivity index (χ3v) is 7.82. The van der Waals surface area contributed by atoms with E-state index in [0.717, 1.165) is 67.1 Å². The minimum absolute atomic E-state index is 0. The average Bonchev–Trinajstić information content (AvgIpc) is 3.90. The van der Waals surface area contributed by atoms with Crippen molar-refractivity contribution in [2.75, 3.05) is 0 Å². The summed E-state index contributed by atoms with van der Waals surface area (Å²) in [6.07, 6.45) is 14.7. The molecular formula is C36H22N4O4Zn. The fourth-order valence-electron chi connectivity index (χ4n) is 5.93. The van der Waals surface area contributed by atoms with Crippen LogP contribution in [0.2, 0.25) is 0 Å². The van der Waals surface area contributed by atoms with E-state index in [1.165, 1.54) is 0 Å². The predicted octanol–water partition coefficient (Wildman–Crippen LogP) is 9.69. The predicted molar refractivity (Wildman–Crippen MR) is 170 cm³/mol. The van der Waals surface area contributed by atoms with Gasteiger partial charge in [0.05, 0.1) is 92.1 Å². The van der Waals surface area contributed by atoms with E-state index in [1.807, 2.05) is 97.1 Å². The fraction of sp³-hybridized carbons (Fsp3) is 0. The molecule has 0 saturated carbocycles. The van der Waals surface area contributed by atoms with Crippen LogP contribution in [0.1, 0.15) is 22.8 Å². The maximum Gasteiger partial charge on any atom is 0.138 e. The summed E-state index contributed by atoms with van der Waals surface area (Å²) in [5, 5.41) is 0. The number of aromatic amines is 2. The molecule has 0 spiro atoms. The van der Waals surface area contributed by atoms with Gasteiger partial charge in [-0.25, -0.2) is 9.97 Å². The smallest absolute Gasteiger partial charge is 0.138 e. The molecule has 0 aliphatic carbocycles. The molecule has 0 aromatic carbocycles. The van der Waals surface area contributed by atoms with Crippen molar-refractivity contribution in [3.8, 4) is 45.3 Å². The minimum Gasteiger partial charge on any atom is -0.464 e. The maximum absolute atomic E-state index is 5.93. The van der Waals surface area contributed by atoms with E-state index in [4.69, 9.17) is 27.6 Å². The van der Waals surface area contributed by atoms with Gasteiger partial charge < -0.3 is 27.6 Å². The van der Waals surface area contributed by atoms with Crippen molar-refractivity contribution < 1.29 is 37.1 Å². The zero-order valence-corrected chi connectivity index (χ0v) is 26.7. The number of nitrogens with zero attached hydrogens (tertiary/aromatic N) is 2. The van der Waals surface area contributed by atoms with Gasteiger partial charge in [0.1, 0.15) is 23.0 Å². The summed E-state index contributed by atoms with van der Waals surface area (Å²) < 4.78 is 23.7. The van der Waals surface area contributed by atoms with E-state index in [-0.39, 0.29) is 19.5 Å². The normalized spacial score (nSPS) is 12.1. The van der Waals surface area contributed by atoms with Crippen LogP contribution in [0.5, 0.6) is 0 Å². The summed E-state index contributed by atoms with van der Waals surface area (Å²) in [4.78, 5) is 17.5. The second-order valence-corrected chi connectivity index (χ2v) is 10.4. The van der Waals surface area contributed by atoms with Crippen LogP contribution in [-0.2, 0) is 19.5 Å². The van der Waals surface area contributed by atoms with E-state index in [2.05, 4.69) is 9.97 Å². The van der Waals surface area contributed by atoms with E-state index in [0.29, 0.717) is 23.0 Å². The van der Waals surface area contributed by atoms with Crippen LogP contribution in [0.4, 0.5) is 0 Å². The number of H-pyrrole nitrogens is 2. The van der Waals surface area contributed by atoms with Crippen LogP contribution in [0.3, 0.4) is 0 Å². The zero-order valence-electron chi connectivity index (χ0n) is 23.8. The first-order valence-corrected chi connectivity index (χ1v) is 14.1. The summed E-state index contributed by atoms with van der Waals surface area (Å²) in [5.74, 6) is 2.77.